The maximum atomic E-state index is 12.8. The molecule has 1 aliphatic heterocycles. The molecule has 1 heterocycles. The first-order chi connectivity index (χ1) is 11.1. The van der Waals surface area contributed by atoms with Crippen LogP contribution in [0.2, 0.25) is 10.0 Å². The van der Waals surface area contributed by atoms with Gasteiger partial charge >= 0.3 is 0 Å². The molecule has 0 fully saturated rings. The molecule has 1 aliphatic rings. The van der Waals surface area contributed by atoms with E-state index < -0.39 is 0 Å². The molecule has 5 heteroatoms. The fourth-order valence-corrected chi connectivity index (χ4v) is 3.18. The summed E-state index contributed by atoms with van der Waals surface area (Å²) in [5.41, 5.74) is 1.41. The summed E-state index contributed by atoms with van der Waals surface area (Å²) in [6.45, 7) is 0. The number of benzene rings is 3. The van der Waals surface area contributed by atoms with Crippen molar-refractivity contribution in [3.8, 4) is 0 Å². The molecule has 0 atom stereocenters. The van der Waals surface area contributed by atoms with Crippen molar-refractivity contribution in [2.24, 2.45) is 0 Å². The monoisotopic (exact) mass is 341 g/mol. The highest BCUT2D eigenvalue weighted by Gasteiger charge is 2.33. The second kappa shape index (κ2) is 5.08. The van der Waals surface area contributed by atoms with Gasteiger partial charge in [0.15, 0.2) is 0 Å². The summed E-state index contributed by atoms with van der Waals surface area (Å²) in [7, 11) is 0. The summed E-state index contributed by atoms with van der Waals surface area (Å²) in [5.74, 6) is -0.727. The van der Waals surface area contributed by atoms with Crippen LogP contribution >= 0.6 is 23.2 Å². The Balaban J connectivity index is 1.97. The van der Waals surface area contributed by atoms with Crippen molar-refractivity contribution in [2.45, 2.75) is 0 Å². The van der Waals surface area contributed by atoms with Crippen molar-refractivity contribution >= 4 is 51.5 Å². The minimum absolute atomic E-state index is 0.293. The molecule has 0 spiro atoms. The predicted molar refractivity (Wildman–Crippen MR) is 91.6 cm³/mol. The lowest BCUT2D eigenvalue weighted by molar-refractivity contribution is 0.0893. The molecule has 0 bridgehead atoms. The number of halogens is 2. The average molecular weight is 342 g/mol. The second-order valence-electron chi connectivity index (χ2n) is 5.25. The van der Waals surface area contributed by atoms with Gasteiger partial charge in [0.1, 0.15) is 0 Å². The standard InChI is InChI=1S/C18H9Cl2NO2/c19-14-8-7-11(9-15(14)20)21-17(22)12-5-1-3-10-4-2-6-13(16(10)12)18(21)23/h1-9H. The lowest BCUT2D eigenvalue weighted by Gasteiger charge is -2.27. The van der Waals surface area contributed by atoms with Crippen LogP contribution < -0.4 is 4.90 Å². The quantitative estimate of drug-likeness (QED) is 0.587. The molecule has 0 saturated heterocycles. The van der Waals surface area contributed by atoms with Crippen molar-refractivity contribution in [1.29, 1.82) is 0 Å². The van der Waals surface area contributed by atoms with Crippen LogP contribution in [0.15, 0.2) is 54.6 Å². The number of nitrogens with zero attached hydrogens (tertiary/aromatic N) is 1. The van der Waals surface area contributed by atoms with Gasteiger partial charge in [0.25, 0.3) is 11.8 Å². The second-order valence-corrected chi connectivity index (χ2v) is 6.07. The van der Waals surface area contributed by atoms with E-state index in [9.17, 15) is 9.59 Å². The van der Waals surface area contributed by atoms with Gasteiger partial charge in [0.2, 0.25) is 0 Å². The van der Waals surface area contributed by atoms with Crippen LogP contribution in [0.25, 0.3) is 10.8 Å². The Hall–Kier alpha value is -2.36. The summed E-state index contributed by atoms with van der Waals surface area (Å²) in [5, 5.41) is 2.23. The average Bonchev–Trinajstić information content (AvgIpc) is 2.56. The molecule has 0 radical (unpaired) electrons. The summed E-state index contributed by atoms with van der Waals surface area (Å²) < 4.78 is 0. The largest absolute Gasteiger partial charge is 0.268 e. The summed E-state index contributed by atoms with van der Waals surface area (Å²) in [6.07, 6.45) is 0. The summed E-state index contributed by atoms with van der Waals surface area (Å²) >= 11 is 11.9. The van der Waals surface area contributed by atoms with Crippen molar-refractivity contribution in [3.05, 3.63) is 75.8 Å². The summed E-state index contributed by atoms with van der Waals surface area (Å²) in [6, 6.07) is 15.5. The Kier molecular flexibility index (Phi) is 3.15. The number of carbonyl (C=O) groups excluding carboxylic acids is 2. The van der Waals surface area contributed by atoms with E-state index in [0.29, 0.717) is 32.2 Å². The molecule has 4 rings (SSSR count). The number of hydrogen-bond donors (Lipinski definition) is 0. The van der Waals surface area contributed by atoms with Crippen molar-refractivity contribution in [2.75, 3.05) is 4.90 Å². The van der Waals surface area contributed by atoms with Crippen molar-refractivity contribution in [3.63, 3.8) is 0 Å². The van der Waals surface area contributed by atoms with Crippen LogP contribution in [0.3, 0.4) is 0 Å². The van der Waals surface area contributed by atoms with Gasteiger partial charge in [-0.3, -0.25) is 9.59 Å². The number of carbonyl (C=O) groups is 2. The number of amides is 2. The third kappa shape index (κ3) is 2.05. The third-order valence-electron chi connectivity index (χ3n) is 3.93. The van der Waals surface area contributed by atoms with Gasteiger partial charge in [0, 0.05) is 16.5 Å². The van der Waals surface area contributed by atoms with Gasteiger partial charge in [-0.15, -0.1) is 0 Å². The first kappa shape index (κ1) is 14.2. The lowest BCUT2D eigenvalue weighted by atomic mass is 9.94. The lowest BCUT2D eigenvalue weighted by Crippen LogP contribution is -2.40. The number of rotatable bonds is 1. The molecular formula is C18H9Cl2NO2. The Morgan fingerprint density at radius 1 is 0.739 bits per heavy atom. The van der Waals surface area contributed by atoms with Crippen LogP contribution in [0.5, 0.6) is 0 Å². The van der Waals surface area contributed by atoms with E-state index in [2.05, 4.69) is 0 Å². The molecule has 0 N–H and O–H groups in total. The zero-order valence-corrected chi connectivity index (χ0v) is 13.2. The molecule has 0 aromatic heterocycles. The van der Waals surface area contributed by atoms with Gasteiger partial charge in [0.05, 0.1) is 15.7 Å². The van der Waals surface area contributed by atoms with E-state index in [1.54, 1.807) is 24.3 Å². The number of imide groups is 1. The molecule has 3 aromatic rings. The maximum absolute atomic E-state index is 12.8. The van der Waals surface area contributed by atoms with Gasteiger partial charge < -0.3 is 0 Å². The molecule has 3 aromatic carbocycles. The number of anilines is 1. The minimum atomic E-state index is -0.363. The zero-order chi connectivity index (χ0) is 16.1. The molecule has 23 heavy (non-hydrogen) atoms. The SMILES string of the molecule is O=C1c2cccc3cccc(c23)C(=O)N1c1ccc(Cl)c(Cl)c1. The van der Waals surface area contributed by atoms with E-state index in [1.165, 1.54) is 6.07 Å². The van der Waals surface area contributed by atoms with E-state index in [4.69, 9.17) is 23.2 Å². The molecule has 2 amide bonds. The highest BCUT2D eigenvalue weighted by Crippen LogP contribution is 2.34. The molecule has 112 valence electrons. The fourth-order valence-electron chi connectivity index (χ4n) is 2.89. The molecule has 0 saturated carbocycles. The zero-order valence-electron chi connectivity index (χ0n) is 11.7. The Morgan fingerprint density at radius 3 is 1.91 bits per heavy atom. The first-order valence-corrected chi connectivity index (χ1v) is 7.69. The Bertz CT molecular complexity index is 947. The van der Waals surface area contributed by atoms with E-state index in [-0.39, 0.29) is 11.8 Å². The highest BCUT2D eigenvalue weighted by molar-refractivity contribution is 6.42. The fraction of sp³-hybridized carbons (Fsp3) is 0. The predicted octanol–water partition coefficient (Wildman–Crippen LogP) is 4.95. The van der Waals surface area contributed by atoms with E-state index in [0.717, 1.165) is 10.3 Å². The maximum Gasteiger partial charge on any atom is 0.265 e. The van der Waals surface area contributed by atoms with Crippen LogP contribution in [0.1, 0.15) is 20.7 Å². The molecule has 3 nitrogen and oxygen atoms in total. The minimum Gasteiger partial charge on any atom is -0.268 e. The van der Waals surface area contributed by atoms with Gasteiger partial charge in [-0.25, -0.2) is 4.90 Å². The van der Waals surface area contributed by atoms with Crippen LogP contribution in [0, 0.1) is 0 Å². The van der Waals surface area contributed by atoms with E-state index >= 15 is 0 Å². The third-order valence-corrected chi connectivity index (χ3v) is 4.67. The van der Waals surface area contributed by atoms with Gasteiger partial charge in [-0.1, -0.05) is 47.5 Å². The van der Waals surface area contributed by atoms with Gasteiger partial charge in [-0.05, 0) is 35.7 Å². The molecule has 0 aliphatic carbocycles. The Morgan fingerprint density at radius 2 is 1.35 bits per heavy atom. The van der Waals surface area contributed by atoms with Crippen molar-refractivity contribution < 1.29 is 9.59 Å². The van der Waals surface area contributed by atoms with Crippen LogP contribution in [0.4, 0.5) is 5.69 Å². The highest BCUT2D eigenvalue weighted by atomic mass is 35.5. The molecule has 0 unspecified atom stereocenters. The molecular weight excluding hydrogens is 333 g/mol. The summed E-state index contributed by atoms with van der Waals surface area (Å²) in [4.78, 5) is 26.8. The van der Waals surface area contributed by atoms with E-state index in [1.807, 2.05) is 24.3 Å². The van der Waals surface area contributed by atoms with Gasteiger partial charge in [-0.2, -0.15) is 0 Å². The normalized spacial score (nSPS) is 13.7. The first-order valence-electron chi connectivity index (χ1n) is 6.93. The van der Waals surface area contributed by atoms with Crippen LogP contribution in [-0.2, 0) is 0 Å². The van der Waals surface area contributed by atoms with Crippen LogP contribution in [-0.4, -0.2) is 11.8 Å². The number of hydrogen-bond acceptors (Lipinski definition) is 2. The smallest absolute Gasteiger partial charge is 0.265 e. The topological polar surface area (TPSA) is 37.4 Å². The van der Waals surface area contributed by atoms with Crippen molar-refractivity contribution in [1.82, 2.24) is 0 Å². The Labute approximate surface area is 142 Å².